The molecule has 6 nitrogen and oxygen atoms in total. The molecule has 0 aromatic heterocycles. The molecule has 1 aromatic carbocycles. The van der Waals surface area contributed by atoms with Crippen molar-refractivity contribution in [3.63, 3.8) is 0 Å². The Labute approximate surface area is 186 Å². The first-order valence-electron chi connectivity index (χ1n) is 10.4. The topological polar surface area (TPSA) is 69.0 Å². The number of nitrogens with two attached hydrogens (primary N) is 1. The van der Waals surface area contributed by atoms with E-state index in [2.05, 4.69) is 34.5 Å². The van der Waals surface area contributed by atoms with Gasteiger partial charge in [0, 0.05) is 50.3 Å². The van der Waals surface area contributed by atoms with Crippen LogP contribution >= 0.6 is 23.2 Å². The summed E-state index contributed by atoms with van der Waals surface area (Å²) in [6, 6.07) is 8.54. The van der Waals surface area contributed by atoms with Crippen molar-refractivity contribution in [3.05, 3.63) is 29.8 Å². The average molecular weight is 450 g/mol. The first kappa shape index (κ1) is 26.4. The van der Waals surface area contributed by atoms with Gasteiger partial charge in [-0.05, 0) is 43.6 Å². The van der Waals surface area contributed by atoms with Gasteiger partial charge in [0.1, 0.15) is 0 Å². The van der Waals surface area contributed by atoms with Crippen LogP contribution in [0.5, 0.6) is 0 Å². The number of benzene rings is 1. The van der Waals surface area contributed by atoms with Crippen molar-refractivity contribution >= 4 is 28.9 Å². The molecule has 0 amide bonds. The lowest BCUT2D eigenvalue weighted by Crippen LogP contribution is -2.27. The largest absolute Gasteiger partial charge is 0.379 e. The highest BCUT2D eigenvalue weighted by Gasteiger charge is 2.05. The molecule has 0 bridgehead atoms. The molecule has 0 fully saturated rings. The molecule has 0 aliphatic rings. The molecule has 29 heavy (non-hydrogen) atoms. The molecule has 0 unspecified atom stereocenters. The maximum absolute atomic E-state index is 5.87. The zero-order valence-corrected chi connectivity index (χ0v) is 18.9. The maximum atomic E-state index is 5.87. The van der Waals surface area contributed by atoms with E-state index in [1.54, 1.807) is 0 Å². The van der Waals surface area contributed by atoms with Gasteiger partial charge in [0.05, 0.1) is 26.4 Å². The standard InChI is InChI=1S/C21H37Cl2N3O3/c22-7-11-26(12-8-23)21-5-3-20(4-6-21)19-25-10-2-14-28-16-18-29-17-15-27-13-1-9-24/h3-6,25H,1-2,7-19,24H2. The molecule has 8 heteroatoms. The summed E-state index contributed by atoms with van der Waals surface area (Å²) in [5, 5.41) is 3.44. The van der Waals surface area contributed by atoms with E-state index in [9.17, 15) is 0 Å². The van der Waals surface area contributed by atoms with E-state index in [1.165, 1.54) is 5.56 Å². The van der Waals surface area contributed by atoms with Crippen LogP contribution in [0.25, 0.3) is 0 Å². The summed E-state index contributed by atoms with van der Waals surface area (Å²) in [5.41, 5.74) is 7.81. The zero-order valence-electron chi connectivity index (χ0n) is 17.4. The van der Waals surface area contributed by atoms with Crippen molar-refractivity contribution in [2.75, 3.05) is 82.5 Å². The fourth-order valence-electron chi connectivity index (χ4n) is 2.66. The maximum Gasteiger partial charge on any atom is 0.0701 e. The fourth-order valence-corrected chi connectivity index (χ4v) is 3.07. The van der Waals surface area contributed by atoms with Gasteiger partial charge in [-0.1, -0.05) is 12.1 Å². The molecule has 168 valence electrons. The second-order valence-electron chi connectivity index (χ2n) is 6.54. The van der Waals surface area contributed by atoms with Gasteiger partial charge in [0.25, 0.3) is 0 Å². The van der Waals surface area contributed by atoms with Crippen LogP contribution in [-0.4, -0.2) is 77.6 Å². The quantitative estimate of drug-likeness (QED) is 0.235. The van der Waals surface area contributed by atoms with E-state index in [0.717, 1.165) is 51.3 Å². The number of nitrogens with zero attached hydrogens (tertiary/aromatic N) is 1. The Morgan fingerprint density at radius 1 is 0.793 bits per heavy atom. The molecule has 0 atom stereocenters. The fraction of sp³-hybridized carbons (Fsp3) is 0.714. The number of alkyl halides is 2. The molecule has 1 rings (SSSR count). The van der Waals surface area contributed by atoms with Gasteiger partial charge in [-0.3, -0.25) is 0 Å². The van der Waals surface area contributed by atoms with Crippen molar-refractivity contribution in [3.8, 4) is 0 Å². The third-order valence-corrected chi connectivity index (χ3v) is 4.56. The molecule has 0 aliphatic heterocycles. The van der Waals surface area contributed by atoms with Crippen LogP contribution in [0.3, 0.4) is 0 Å². The first-order valence-corrected chi connectivity index (χ1v) is 11.5. The van der Waals surface area contributed by atoms with Gasteiger partial charge < -0.3 is 30.2 Å². The summed E-state index contributed by atoms with van der Waals surface area (Å²) < 4.78 is 16.4. The minimum atomic E-state index is 0.595. The second-order valence-corrected chi connectivity index (χ2v) is 7.30. The van der Waals surface area contributed by atoms with Crippen LogP contribution < -0.4 is 16.0 Å². The van der Waals surface area contributed by atoms with E-state index in [1.807, 2.05) is 0 Å². The highest BCUT2D eigenvalue weighted by Crippen LogP contribution is 2.15. The number of halogens is 2. The van der Waals surface area contributed by atoms with Crippen LogP contribution in [0, 0.1) is 0 Å². The third kappa shape index (κ3) is 14.1. The highest BCUT2D eigenvalue weighted by molar-refractivity contribution is 6.18. The molecule has 0 saturated heterocycles. The highest BCUT2D eigenvalue weighted by atomic mass is 35.5. The minimum Gasteiger partial charge on any atom is -0.379 e. The Morgan fingerprint density at radius 2 is 1.34 bits per heavy atom. The van der Waals surface area contributed by atoms with Crippen LogP contribution in [0.2, 0.25) is 0 Å². The summed E-state index contributed by atoms with van der Waals surface area (Å²) in [6.07, 6.45) is 1.86. The predicted octanol–water partition coefficient (Wildman–Crippen LogP) is 2.85. The smallest absolute Gasteiger partial charge is 0.0701 e. The summed E-state index contributed by atoms with van der Waals surface area (Å²) in [5.74, 6) is 1.19. The molecule has 0 heterocycles. The van der Waals surface area contributed by atoms with Gasteiger partial charge >= 0.3 is 0 Å². The van der Waals surface area contributed by atoms with Crippen molar-refractivity contribution < 1.29 is 14.2 Å². The number of nitrogens with one attached hydrogen (secondary N) is 1. The van der Waals surface area contributed by atoms with Gasteiger partial charge in [0.2, 0.25) is 0 Å². The number of hydrogen-bond donors (Lipinski definition) is 2. The van der Waals surface area contributed by atoms with Gasteiger partial charge in [-0.15, -0.1) is 23.2 Å². The summed E-state index contributed by atoms with van der Waals surface area (Å²) in [6.45, 7) is 7.91. The van der Waals surface area contributed by atoms with Gasteiger partial charge in [0.15, 0.2) is 0 Å². The third-order valence-electron chi connectivity index (χ3n) is 4.22. The molecule has 0 radical (unpaired) electrons. The van der Waals surface area contributed by atoms with Crippen molar-refractivity contribution in [2.24, 2.45) is 5.73 Å². The van der Waals surface area contributed by atoms with Gasteiger partial charge in [-0.25, -0.2) is 0 Å². The van der Waals surface area contributed by atoms with E-state index in [-0.39, 0.29) is 0 Å². The SMILES string of the molecule is NCCCOCCOCCOCCCNCc1ccc(N(CCCl)CCCl)cc1. The lowest BCUT2D eigenvalue weighted by atomic mass is 10.2. The molecule has 3 N–H and O–H groups in total. The normalized spacial score (nSPS) is 11.1. The predicted molar refractivity (Wildman–Crippen MR) is 123 cm³/mol. The number of ether oxygens (including phenoxy) is 3. The Kier molecular flexibility index (Phi) is 17.7. The molecule has 0 saturated carbocycles. The number of rotatable bonds is 20. The lowest BCUT2D eigenvalue weighted by Gasteiger charge is -2.23. The Morgan fingerprint density at radius 3 is 1.90 bits per heavy atom. The summed E-state index contributed by atoms with van der Waals surface area (Å²) >= 11 is 11.7. The molecule has 1 aromatic rings. The Hall–Kier alpha value is -0.600. The summed E-state index contributed by atoms with van der Waals surface area (Å²) in [4.78, 5) is 2.20. The monoisotopic (exact) mass is 449 g/mol. The van der Waals surface area contributed by atoms with Crippen LogP contribution in [0.4, 0.5) is 5.69 Å². The van der Waals surface area contributed by atoms with Crippen LogP contribution in [0.1, 0.15) is 18.4 Å². The van der Waals surface area contributed by atoms with E-state index < -0.39 is 0 Å². The first-order chi connectivity index (χ1) is 14.3. The zero-order chi connectivity index (χ0) is 21.0. The summed E-state index contributed by atoms with van der Waals surface area (Å²) in [7, 11) is 0. The van der Waals surface area contributed by atoms with Crippen molar-refractivity contribution in [1.29, 1.82) is 0 Å². The lowest BCUT2D eigenvalue weighted by molar-refractivity contribution is 0.0140. The van der Waals surface area contributed by atoms with Crippen LogP contribution in [0.15, 0.2) is 24.3 Å². The van der Waals surface area contributed by atoms with Gasteiger partial charge in [-0.2, -0.15) is 0 Å². The van der Waals surface area contributed by atoms with E-state index in [4.69, 9.17) is 43.1 Å². The second kappa shape index (κ2) is 19.4. The average Bonchev–Trinajstić information content (AvgIpc) is 2.74. The molecule has 0 aliphatic carbocycles. The minimum absolute atomic E-state index is 0.595. The van der Waals surface area contributed by atoms with Crippen molar-refractivity contribution in [2.45, 2.75) is 19.4 Å². The molecular formula is C21H37Cl2N3O3. The molecular weight excluding hydrogens is 413 g/mol. The molecule has 0 spiro atoms. The van der Waals surface area contributed by atoms with Crippen molar-refractivity contribution in [1.82, 2.24) is 5.32 Å². The Bertz CT molecular complexity index is 475. The van der Waals surface area contributed by atoms with Crippen LogP contribution in [-0.2, 0) is 20.8 Å². The Balaban J connectivity index is 1.98. The number of anilines is 1. The number of hydrogen-bond acceptors (Lipinski definition) is 6. The van der Waals surface area contributed by atoms with E-state index in [0.29, 0.717) is 51.3 Å². The van der Waals surface area contributed by atoms with E-state index >= 15 is 0 Å².